The maximum absolute atomic E-state index is 13.6. The summed E-state index contributed by atoms with van der Waals surface area (Å²) >= 11 is 0. The van der Waals surface area contributed by atoms with Gasteiger partial charge in [-0.05, 0) is 29.3 Å². The van der Waals surface area contributed by atoms with Crippen molar-refractivity contribution in [3.63, 3.8) is 0 Å². The fourth-order valence-corrected chi connectivity index (χ4v) is 3.25. The lowest BCUT2D eigenvalue weighted by Crippen LogP contribution is -2.26. The Labute approximate surface area is 129 Å². The minimum atomic E-state index is -0.228. The van der Waals surface area contributed by atoms with Crippen molar-refractivity contribution in [2.75, 3.05) is 13.1 Å². The van der Waals surface area contributed by atoms with Crippen molar-refractivity contribution in [2.24, 2.45) is 0 Å². The van der Waals surface area contributed by atoms with Crippen LogP contribution in [-0.4, -0.2) is 19.2 Å². The van der Waals surface area contributed by atoms with E-state index in [2.05, 4.69) is 17.4 Å². The van der Waals surface area contributed by atoms with Gasteiger partial charge in [0, 0.05) is 24.6 Å². The highest BCUT2D eigenvalue weighted by Gasteiger charge is 2.34. The first-order valence-electron chi connectivity index (χ1n) is 7.62. The third kappa shape index (κ3) is 2.49. The molecule has 2 aromatic carbocycles. The molecule has 2 aliphatic rings. The summed E-state index contributed by atoms with van der Waals surface area (Å²) in [6.07, 6.45) is 0.259. The van der Waals surface area contributed by atoms with Gasteiger partial charge in [0.05, 0.1) is 12.7 Å². The van der Waals surface area contributed by atoms with Crippen LogP contribution >= 0.6 is 0 Å². The molecular formula is C18H18FNO2. The van der Waals surface area contributed by atoms with Crippen LogP contribution in [0.15, 0.2) is 42.5 Å². The summed E-state index contributed by atoms with van der Waals surface area (Å²) in [6.45, 7) is 2.75. The Kier molecular flexibility index (Phi) is 3.56. The van der Waals surface area contributed by atoms with Crippen LogP contribution in [0, 0.1) is 5.82 Å². The van der Waals surface area contributed by atoms with E-state index in [0.717, 1.165) is 18.8 Å². The van der Waals surface area contributed by atoms with E-state index in [1.165, 1.54) is 17.2 Å². The van der Waals surface area contributed by atoms with Crippen molar-refractivity contribution in [1.82, 2.24) is 5.32 Å². The van der Waals surface area contributed by atoms with E-state index in [4.69, 9.17) is 9.47 Å². The molecule has 0 radical (unpaired) electrons. The highest BCUT2D eigenvalue weighted by molar-refractivity contribution is 5.40. The summed E-state index contributed by atoms with van der Waals surface area (Å²) in [4.78, 5) is 0. The van der Waals surface area contributed by atoms with Gasteiger partial charge in [0.25, 0.3) is 0 Å². The predicted octanol–water partition coefficient (Wildman–Crippen LogP) is 2.99. The van der Waals surface area contributed by atoms with Crippen LogP contribution in [0.5, 0.6) is 5.75 Å². The number of fused-ring (bicyclic) bond motifs is 3. The molecule has 0 aliphatic carbocycles. The van der Waals surface area contributed by atoms with E-state index in [1.54, 1.807) is 12.1 Å². The molecule has 0 bridgehead atoms. The summed E-state index contributed by atoms with van der Waals surface area (Å²) in [5.74, 6) is 0.948. The van der Waals surface area contributed by atoms with Gasteiger partial charge in [-0.2, -0.15) is 0 Å². The van der Waals surface area contributed by atoms with E-state index < -0.39 is 0 Å². The first-order chi connectivity index (χ1) is 10.8. The van der Waals surface area contributed by atoms with Gasteiger partial charge in [0.2, 0.25) is 0 Å². The molecule has 2 atom stereocenters. The smallest absolute Gasteiger partial charge is 0.129 e. The first-order valence-corrected chi connectivity index (χ1v) is 7.62. The molecule has 114 valence electrons. The van der Waals surface area contributed by atoms with Crippen molar-refractivity contribution in [2.45, 2.75) is 25.2 Å². The van der Waals surface area contributed by atoms with E-state index in [0.29, 0.717) is 18.1 Å². The van der Waals surface area contributed by atoms with E-state index >= 15 is 0 Å². The second kappa shape index (κ2) is 5.71. The normalized spacial score (nSPS) is 23.0. The standard InChI is InChI=1S/C18H18FNO2/c19-17-4-2-1-3-13(17)11-21-14-6-5-12-10-22-18-9-20-8-16(18)15(12)7-14/h1-7,16,18,20H,8-11H2/t16-,18-/m0/s1. The van der Waals surface area contributed by atoms with Gasteiger partial charge in [0.15, 0.2) is 0 Å². The second-order valence-corrected chi connectivity index (χ2v) is 5.85. The Morgan fingerprint density at radius 1 is 1.18 bits per heavy atom. The zero-order valence-electron chi connectivity index (χ0n) is 12.2. The molecule has 2 aromatic rings. The fourth-order valence-electron chi connectivity index (χ4n) is 3.25. The fraction of sp³-hybridized carbons (Fsp3) is 0.333. The number of nitrogens with one attached hydrogen (secondary N) is 1. The van der Waals surface area contributed by atoms with Crippen molar-refractivity contribution < 1.29 is 13.9 Å². The van der Waals surface area contributed by atoms with Gasteiger partial charge < -0.3 is 14.8 Å². The number of hydrogen-bond donors (Lipinski definition) is 1. The SMILES string of the molecule is Fc1ccccc1COc1ccc2c(c1)[C@@H]1CNC[C@@H]1OC2. The predicted molar refractivity (Wildman–Crippen MR) is 81.4 cm³/mol. The number of hydrogen-bond acceptors (Lipinski definition) is 3. The molecule has 4 heteroatoms. The molecule has 1 N–H and O–H groups in total. The van der Waals surface area contributed by atoms with E-state index in [1.807, 2.05) is 12.1 Å². The average molecular weight is 299 g/mol. The molecule has 0 amide bonds. The van der Waals surface area contributed by atoms with Crippen LogP contribution in [0.4, 0.5) is 4.39 Å². The maximum atomic E-state index is 13.6. The summed E-state index contributed by atoms with van der Waals surface area (Å²) < 4.78 is 25.3. The van der Waals surface area contributed by atoms with Gasteiger partial charge in [-0.15, -0.1) is 0 Å². The van der Waals surface area contributed by atoms with Gasteiger partial charge in [-0.1, -0.05) is 24.3 Å². The molecular weight excluding hydrogens is 281 g/mol. The van der Waals surface area contributed by atoms with E-state index in [-0.39, 0.29) is 18.5 Å². The van der Waals surface area contributed by atoms with Gasteiger partial charge in [0.1, 0.15) is 18.2 Å². The largest absolute Gasteiger partial charge is 0.489 e. The lowest BCUT2D eigenvalue weighted by Gasteiger charge is -2.28. The lowest BCUT2D eigenvalue weighted by atomic mass is 9.89. The van der Waals surface area contributed by atoms with Gasteiger partial charge >= 0.3 is 0 Å². The van der Waals surface area contributed by atoms with Crippen LogP contribution in [-0.2, 0) is 18.0 Å². The van der Waals surface area contributed by atoms with Crippen LogP contribution < -0.4 is 10.1 Å². The Balaban J connectivity index is 1.54. The second-order valence-electron chi connectivity index (χ2n) is 5.85. The van der Waals surface area contributed by atoms with Crippen molar-refractivity contribution in [1.29, 1.82) is 0 Å². The Morgan fingerprint density at radius 2 is 2.09 bits per heavy atom. The monoisotopic (exact) mass is 299 g/mol. The number of ether oxygens (including phenoxy) is 2. The molecule has 2 aliphatic heterocycles. The van der Waals surface area contributed by atoms with Gasteiger partial charge in [-0.3, -0.25) is 0 Å². The van der Waals surface area contributed by atoms with Crippen LogP contribution in [0.3, 0.4) is 0 Å². The average Bonchev–Trinajstić information content (AvgIpc) is 3.03. The van der Waals surface area contributed by atoms with E-state index in [9.17, 15) is 4.39 Å². The molecule has 0 aromatic heterocycles. The van der Waals surface area contributed by atoms with Crippen LogP contribution in [0.2, 0.25) is 0 Å². The molecule has 1 fully saturated rings. The Bertz CT molecular complexity index is 689. The molecule has 22 heavy (non-hydrogen) atoms. The molecule has 4 rings (SSSR count). The maximum Gasteiger partial charge on any atom is 0.129 e. The summed E-state index contributed by atoms with van der Waals surface area (Å²) in [5.41, 5.74) is 3.10. The number of benzene rings is 2. The number of rotatable bonds is 3. The summed E-state index contributed by atoms with van der Waals surface area (Å²) in [7, 11) is 0. The minimum Gasteiger partial charge on any atom is -0.489 e. The van der Waals surface area contributed by atoms with Gasteiger partial charge in [-0.25, -0.2) is 4.39 Å². The highest BCUT2D eigenvalue weighted by atomic mass is 19.1. The molecule has 0 spiro atoms. The zero-order valence-corrected chi connectivity index (χ0v) is 12.2. The Hall–Kier alpha value is -1.91. The first kappa shape index (κ1) is 13.7. The third-order valence-electron chi connectivity index (χ3n) is 4.48. The zero-order chi connectivity index (χ0) is 14.9. The molecule has 1 saturated heterocycles. The molecule has 3 nitrogen and oxygen atoms in total. The van der Waals surface area contributed by atoms with Crippen molar-refractivity contribution >= 4 is 0 Å². The topological polar surface area (TPSA) is 30.5 Å². The third-order valence-corrected chi connectivity index (χ3v) is 4.48. The van der Waals surface area contributed by atoms with Crippen LogP contribution in [0.25, 0.3) is 0 Å². The summed E-state index contributed by atoms with van der Waals surface area (Å²) in [5, 5.41) is 3.37. The summed E-state index contributed by atoms with van der Waals surface area (Å²) in [6, 6.07) is 12.8. The van der Waals surface area contributed by atoms with Crippen molar-refractivity contribution in [3.8, 4) is 5.75 Å². The Morgan fingerprint density at radius 3 is 3.00 bits per heavy atom. The number of halogens is 1. The highest BCUT2D eigenvalue weighted by Crippen LogP contribution is 2.35. The lowest BCUT2D eigenvalue weighted by molar-refractivity contribution is 0.0298. The molecule has 2 heterocycles. The molecule has 0 saturated carbocycles. The minimum absolute atomic E-state index is 0.228. The van der Waals surface area contributed by atoms with Crippen molar-refractivity contribution in [3.05, 3.63) is 65.0 Å². The molecule has 0 unspecified atom stereocenters. The van der Waals surface area contributed by atoms with Crippen LogP contribution in [0.1, 0.15) is 22.6 Å². The quantitative estimate of drug-likeness (QED) is 0.945.